The summed E-state index contributed by atoms with van der Waals surface area (Å²) in [6.45, 7) is 3.10. The highest BCUT2D eigenvalue weighted by Crippen LogP contribution is 2.38. The zero-order chi connectivity index (χ0) is 15.3. The second-order valence-corrected chi connectivity index (χ2v) is 6.31. The zero-order valence-electron chi connectivity index (χ0n) is 13.1. The molecule has 3 nitrogen and oxygen atoms in total. The van der Waals surface area contributed by atoms with Crippen LogP contribution in [0, 0.1) is 5.92 Å². The van der Waals surface area contributed by atoms with Gasteiger partial charge in [0.1, 0.15) is 0 Å². The van der Waals surface area contributed by atoms with Gasteiger partial charge in [-0.1, -0.05) is 6.92 Å². The van der Waals surface area contributed by atoms with Crippen molar-refractivity contribution in [2.24, 2.45) is 13.0 Å². The number of alkyl halides is 2. The van der Waals surface area contributed by atoms with E-state index in [1.165, 1.54) is 5.56 Å². The molecule has 2 rings (SSSR count). The van der Waals surface area contributed by atoms with Crippen molar-refractivity contribution in [3.63, 3.8) is 0 Å². The lowest BCUT2D eigenvalue weighted by Gasteiger charge is -2.34. The molecule has 1 unspecified atom stereocenters. The van der Waals surface area contributed by atoms with E-state index in [0.29, 0.717) is 24.8 Å². The molecule has 0 aromatic carbocycles. The Labute approximate surface area is 126 Å². The molecule has 1 N–H and O–H groups in total. The van der Waals surface area contributed by atoms with Gasteiger partial charge < -0.3 is 5.32 Å². The molecular weight excluding hydrogens is 272 g/mol. The molecule has 1 aliphatic carbocycles. The molecule has 0 saturated heterocycles. The number of hydrogen-bond donors (Lipinski definition) is 1. The van der Waals surface area contributed by atoms with Crippen molar-refractivity contribution in [3.05, 3.63) is 18.0 Å². The third-order valence-corrected chi connectivity index (χ3v) is 4.49. The van der Waals surface area contributed by atoms with Gasteiger partial charge in [-0.2, -0.15) is 5.10 Å². The zero-order valence-corrected chi connectivity index (χ0v) is 13.1. The number of nitrogens with zero attached hydrogens (tertiary/aromatic N) is 2. The van der Waals surface area contributed by atoms with Crippen LogP contribution in [0.4, 0.5) is 8.78 Å². The first-order valence-electron chi connectivity index (χ1n) is 8.09. The highest BCUT2D eigenvalue weighted by molar-refractivity contribution is 5.04. The van der Waals surface area contributed by atoms with Crippen LogP contribution in [0.2, 0.25) is 0 Å². The van der Waals surface area contributed by atoms with Crippen LogP contribution in [0.1, 0.15) is 51.0 Å². The van der Waals surface area contributed by atoms with E-state index in [1.807, 2.05) is 24.1 Å². The van der Waals surface area contributed by atoms with Gasteiger partial charge in [0.25, 0.3) is 0 Å². The number of halogens is 2. The van der Waals surface area contributed by atoms with Crippen LogP contribution in [-0.2, 0) is 13.5 Å². The fourth-order valence-corrected chi connectivity index (χ4v) is 3.22. The van der Waals surface area contributed by atoms with E-state index in [2.05, 4.69) is 17.3 Å². The van der Waals surface area contributed by atoms with Crippen LogP contribution < -0.4 is 5.32 Å². The Kier molecular flexibility index (Phi) is 5.73. The average molecular weight is 299 g/mol. The van der Waals surface area contributed by atoms with E-state index in [9.17, 15) is 8.78 Å². The molecule has 21 heavy (non-hydrogen) atoms. The Morgan fingerprint density at radius 2 is 2.14 bits per heavy atom. The van der Waals surface area contributed by atoms with Gasteiger partial charge in [0.05, 0.1) is 6.20 Å². The number of aromatic nitrogens is 2. The van der Waals surface area contributed by atoms with Crippen molar-refractivity contribution in [3.8, 4) is 0 Å². The summed E-state index contributed by atoms with van der Waals surface area (Å²) in [5.74, 6) is -2.05. The SMILES string of the molecule is CCCNC(CCc1cnn(C)c1)C1CCC(F)(F)CC1. The summed E-state index contributed by atoms with van der Waals surface area (Å²) in [7, 11) is 1.92. The summed E-state index contributed by atoms with van der Waals surface area (Å²) in [6.07, 6.45) is 8.35. The minimum Gasteiger partial charge on any atom is -0.314 e. The Balaban J connectivity index is 1.88. The van der Waals surface area contributed by atoms with Crippen LogP contribution in [0.25, 0.3) is 0 Å². The molecule has 120 valence electrons. The number of nitrogens with one attached hydrogen (secondary N) is 1. The first-order chi connectivity index (χ1) is 10.00. The monoisotopic (exact) mass is 299 g/mol. The summed E-state index contributed by atoms with van der Waals surface area (Å²) in [5, 5.41) is 7.76. The van der Waals surface area contributed by atoms with E-state index in [4.69, 9.17) is 0 Å². The third-order valence-electron chi connectivity index (χ3n) is 4.49. The first kappa shape index (κ1) is 16.4. The topological polar surface area (TPSA) is 29.9 Å². The fraction of sp³-hybridized carbons (Fsp3) is 0.812. The van der Waals surface area contributed by atoms with Gasteiger partial charge in [-0.15, -0.1) is 0 Å². The predicted octanol–water partition coefficient (Wildman–Crippen LogP) is 3.55. The first-order valence-corrected chi connectivity index (χ1v) is 8.09. The van der Waals surface area contributed by atoms with Gasteiger partial charge in [-0.25, -0.2) is 8.78 Å². The maximum Gasteiger partial charge on any atom is 0.248 e. The van der Waals surface area contributed by atoms with Gasteiger partial charge in [0, 0.05) is 32.1 Å². The minimum atomic E-state index is -2.44. The van der Waals surface area contributed by atoms with E-state index in [1.54, 1.807) is 0 Å². The normalized spacial score (nSPS) is 20.6. The van der Waals surface area contributed by atoms with E-state index in [-0.39, 0.29) is 12.8 Å². The predicted molar refractivity (Wildman–Crippen MR) is 80.5 cm³/mol. The van der Waals surface area contributed by atoms with Crippen LogP contribution in [0.5, 0.6) is 0 Å². The second kappa shape index (κ2) is 7.34. The molecule has 1 aliphatic rings. The quantitative estimate of drug-likeness (QED) is 0.834. The van der Waals surface area contributed by atoms with Crippen molar-refractivity contribution >= 4 is 0 Å². The van der Waals surface area contributed by atoms with Gasteiger partial charge in [-0.3, -0.25) is 4.68 Å². The van der Waals surface area contributed by atoms with Gasteiger partial charge >= 0.3 is 0 Å². The Morgan fingerprint density at radius 3 is 2.71 bits per heavy atom. The van der Waals surface area contributed by atoms with E-state index >= 15 is 0 Å². The van der Waals surface area contributed by atoms with Crippen LogP contribution >= 0.6 is 0 Å². The molecular formula is C16H27F2N3. The molecule has 0 radical (unpaired) electrons. The lowest BCUT2D eigenvalue weighted by molar-refractivity contribution is -0.0498. The number of hydrogen-bond acceptors (Lipinski definition) is 2. The molecule has 1 saturated carbocycles. The molecule has 1 heterocycles. The average Bonchev–Trinajstić information content (AvgIpc) is 2.85. The summed E-state index contributed by atoms with van der Waals surface area (Å²) in [5.41, 5.74) is 1.22. The van der Waals surface area contributed by atoms with Crippen molar-refractivity contribution in [1.29, 1.82) is 0 Å². The standard InChI is InChI=1S/C16H27F2N3/c1-3-10-19-15(5-4-13-11-20-21(2)12-13)14-6-8-16(17,18)9-7-14/h11-12,14-15,19H,3-10H2,1-2H3. The molecule has 1 fully saturated rings. The van der Waals surface area contributed by atoms with Crippen LogP contribution in [-0.4, -0.2) is 28.3 Å². The smallest absolute Gasteiger partial charge is 0.248 e. The Bertz CT molecular complexity index is 421. The van der Waals surface area contributed by atoms with Gasteiger partial charge in [0.15, 0.2) is 0 Å². The second-order valence-electron chi connectivity index (χ2n) is 6.31. The van der Waals surface area contributed by atoms with Crippen LogP contribution in [0.15, 0.2) is 12.4 Å². The Morgan fingerprint density at radius 1 is 1.43 bits per heavy atom. The molecule has 0 spiro atoms. The van der Waals surface area contributed by atoms with Crippen molar-refractivity contribution in [1.82, 2.24) is 15.1 Å². The summed E-state index contributed by atoms with van der Waals surface area (Å²) in [4.78, 5) is 0. The molecule has 0 aliphatic heterocycles. The molecule has 1 aromatic rings. The summed E-state index contributed by atoms with van der Waals surface area (Å²) < 4.78 is 28.4. The molecule has 1 aromatic heterocycles. The third kappa shape index (κ3) is 5.06. The fourth-order valence-electron chi connectivity index (χ4n) is 3.22. The molecule has 1 atom stereocenters. The van der Waals surface area contributed by atoms with Crippen molar-refractivity contribution in [2.75, 3.05) is 6.54 Å². The van der Waals surface area contributed by atoms with Gasteiger partial charge in [0.2, 0.25) is 5.92 Å². The largest absolute Gasteiger partial charge is 0.314 e. The number of rotatable bonds is 7. The minimum absolute atomic E-state index is 0.0505. The molecule has 5 heteroatoms. The van der Waals surface area contributed by atoms with Crippen LogP contribution in [0.3, 0.4) is 0 Å². The molecule has 0 amide bonds. The highest BCUT2D eigenvalue weighted by atomic mass is 19.3. The van der Waals surface area contributed by atoms with Crippen molar-refractivity contribution in [2.45, 2.75) is 63.8 Å². The maximum absolute atomic E-state index is 13.3. The lowest BCUT2D eigenvalue weighted by Crippen LogP contribution is -2.40. The van der Waals surface area contributed by atoms with Gasteiger partial charge in [-0.05, 0) is 50.1 Å². The van der Waals surface area contributed by atoms with Crippen molar-refractivity contribution < 1.29 is 8.78 Å². The number of aryl methyl sites for hydroxylation is 2. The molecule has 0 bridgehead atoms. The van der Waals surface area contributed by atoms with E-state index < -0.39 is 5.92 Å². The lowest BCUT2D eigenvalue weighted by atomic mass is 9.80. The summed E-state index contributed by atoms with van der Waals surface area (Å²) >= 11 is 0. The van der Waals surface area contributed by atoms with E-state index in [0.717, 1.165) is 25.8 Å². The maximum atomic E-state index is 13.3. The highest BCUT2D eigenvalue weighted by Gasteiger charge is 2.37. The summed E-state index contributed by atoms with van der Waals surface area (Å²) in [6, 6.07) is 0.348. The Hall–Kier alpha value is -0.970.